The highest BCUT2D eigenvalue weighted by molar-refractivity contribution is 6.35. The van der Waals surface area contributed by atoms with E-state index in [1.807, 2.05) is 0 Å². The maximum Gasteiger partial charge on any atom is 0.328 e. The van der Waals surface area contributed by atoms with Crippen LogP contribution in [0.2, 0.25) is 10.0 Å². The molecular formula is C12H11Cl2N3O4. The van der Waals surface area contributed by atoms with Gasteiger partial charge in [0.25, 0.3) is 0 Å². The summed E-state index contributed by atoms with van der Waals surface area (Å²) in [7, 11) is 0. The fourth-order valence-corrected chi connectivity index (χ4v) is 2.42. The van der Waals surface area contributed by atoms with Crippen LogP contribution in [0.15, 0.2) is 18.2 Å². The average Bonchev–Trinajstić information content (AvgIpc) is 2.36. The molecule has 21 heavy (non-hydrogen) atoms. The minimum atomic E-state index is -1.20. The van der Waals surface area contributed by atoms with E-state index >= 15 is 0 Å². The number of halogens is 2. The van der Waals surface area contributed by atoms with Crippen molar-refractivity contribution in [1.29, 1.82) is 0 Å². The Balaban J connectivity index is 2.16. The topological polar surface area (TPSA) is 98.7 Å². The number of carboxylic acids is 1. The van der Waals surface area contributed by atoms with Crippen LogP contribution in [0.5, 0.6) is 0 Å². The lowest BCUT2D eigenvalue weighted by Gasteiger charge is -2.32. The molecule has 112 valence electrons. The highest BCUT2D eigenvalue weighted by Crippen LogP contribution is 2.23. The van der Waals surface area contributed by atoms with Gasteiger partial charge in [-0.15, -0.1) is 0 Å². The van der Waals surface area contributed by atoms with E-state index in [-0.39, 0.29) is 13.1 Å². The van der Waals surface area contributed by atoms with Crippen molar-refractivity contribution in [2.24, 2.45) is 0 Å². The molecular weight excluding hydrogens is 321 g/mol. The number of aliphatic carboxylic acids is 1. The number of hydrogen-bond donors (Lipinski definition) is 3. The molecule has 0 saturated carbocycles. The molecule has 1 aromatic rings. The Morgan fingerprint density at radius 2 is 1.90 bits per heavy atom. The molecule has 1 aromatic carbocycles. The van der Waals surface area contributed by atoms with Crippen LogP contribution in [0, 0.1) is 0 Å². The van der Waals surface area contributed by atoms with Crippen LogP contribution in [0.25, 0.3) is 0 Å². The van der Waals surface area contributed by atoms with Gasteiger partial charge in [-0.05, 0) is 18.2 Å². The highest BCUT2D eigenvalue weighted by Gasteiger charge is 2.35. The normalized spacial score (nSPS) is 18.1. The molecule has 0 spiro atoms. The maximum atomic E-state index is 12.1. The first-order chi connectivity index (χ1) is 9.86. The van der Waals surface area contributed by atoms with Gasteiger partial charge in [-0.1, -0.05) is 23.2 Å². The largest absolute Gasteiger partial charge is 0.480 e. The Bertz CT molecular complexity index is 588. The van der Waals surface area contributed by atoms with E-state index in [0.717, 1.165) is 4.90 Å². The molecule has 9 heteroatoms. The van der Waals surface area contributed by atoms with Crippen LogP contribution in [-0.2, 0) is 9.59 Å². The first-order valence-electron chi connectivity index (χ1n) is 5.90. The number of urea groups is 1. The summed E-state index contributed by atoms with van der Waals surface area (Å²) in [6.45, 7) is -0.477. The Morgan fingerprint density at radius 3 is 2.48 bits per heavy atom. The Kier molecular flexibility index (Phi) is 4.54. The molecule has 0 radical (unpaired) electrons. The van der Waals surface area contributed by atoms with E-state index in [1.54, 1.807) is 0 Å². The van der Waals surface area contributed by atoms with E-state index in [2.05, 4.69) is 10.6 Å². The molecule has 1 saturated heterocycles. The molecule has 1 heterocycles. The number of piperazine rings is 1. The van der Waals surface area contributed by atoms with Crippen LogP contribution in [-0.4, -0.2) is 47.0 Å². The second kappa shape index (κ2) is 6.19. The fourth-order valence-electron chi connectivity index (χ4n) is 1.90. The van der Waals surface area contributed by atoms with Gasteiger partial charge in [-0.25, -0.2) is 9.59 Å². The average molecular weight is 332 g/mol. The van der Waals surface area contributed by atoms with Crippen molar-refractivity contribution in [3.63, 3.8) is 0 Å². The standard InChI is InChI=1S/C12H11Cl2N3O4/c13-6-1-7(14)3-8(2-6)16-12(21)17-5-10(18)15-4-9(17)11(19)20/h1-3,9H,4-5H2,(H,15,18)(H,16,21)(H,19,20). The number of nitrogens with one attached hydrogen (secondary N) is 2. The fraction of sp³-hybridized carbons (Fsp3) is 0.250. The van der Waals surface area contributed by atoms with Crippen molar-refractivity contribution in [3.05, 3.63) is 28.2 Å². The molecule has 2 rings (SSSR count). The maximum absolute atomic E-state index is 12.1. The molecule has 0 aliphatic carbocycles. The molecule has 3 N–H and O–H groups in total. The van der Waals surface area contributed by atoms with Crippen LogP contribution in [0.1, 0.15) is 0 Å². The zero-order valence-electron chi connectivity index (χ0n) is 10.6. The quantitative estimate of drug-likeness (QED) is 0.762. The lowest BCUT2D eigenvalue weighted by atomic mass is 10.2. The number of anilines is 1. The van der Waals surface area contributed by atoms with E-state index in [1.165, 1.54) is 18.2 Å². The minimum Gasteiger partial charge on any atom is -0.480 e. The molecule has 7 nitrogen and oxygen atoms in total. The highest BCUT2D eigenvalue weighted by atomic mass is 35.5. The van der Waals surface area contributed by atoms with Gasteiger partial charge in [-0.3, -0.25) is 9.69 Å². The van der Waals surface area contributed by atoms with Crippen molar-refractivity contribution in [3.8, 4) is 0 Å². The molecule has 1 fully saturated rings. The summed E-state index contributed by atoms with van der Waals surface area (Å²) in [6.07, 6.45) is 0. The summed E-state index contributed by atoms with van der Waals surface area (Å²) in [5.41, 5.74) is 0.313. The first kappa shape index (κ1) is 15.4. The Hall–Kier alpha value is -1.99. The molecule has 0 bridgehead atoms. The van der Waals surface area contributed by atoms with E-state index in [9.17, 15) is 14.4 Å². The van der Waals surface area contributed by atoms with Gasteiger partial charge >= 0.3 is 12.0 Å². The third-order valence-corrected chi connectivity index (χ3v) is 3.28. The molecule has 3 amide bonds. The van der Waals surface area contributed by atoms with Crippen molar-refractivity contribution >= 4 is 46.8 Å². The number of hydrogen-bond acceptors (Lipinski definition) is 3. The summed E-state index contributed by atoms with van der Waals surface area (Å²) in [5.74, 6) is -1.62. The van der Waals surface area contributed by atoms with Gasteiger partial charge in [0.05, 0.1) is 0 Å². The third-order valence-electron chi connectivity index (χ3n) is 2.84. The Labute approximate surface area is 129 Å². The second-order valence-corrected chi connectivity index (χ2v) is 5.25. The summed E-state index contributed by atoms with van der Waals surface area (Å²) < 4.78 is 0. The van der Waals surface area contributed by atoms with E-state index < -0.39 is 23.9 Å². The number of nitrogens with zero attached hydrogens (tertiary/aromatic N) is 1. The number of carboxylic acid groups (broad SMARTS) is 1. The van der Waals surface area contributed by atoms with Crippen molar-refractivity contribution < 1.29 is 19.5 Å². The lowest BCUT2D eigenvalue weighted by Crippen LogP contribution is -2.60. The third kappa shape index (κ3) is 3.77. The summed E-state index contributed by atoms with van der Waals surface area (Å²) in [4.78, 5) is 35.5. The molecule has 1 aliphatic rings. The van der Waals surface area contributed by atoms with Gasteiger partial charge in [0.1, 0.15) is 12.6 Å². The van der Waals surface area contributed by atoms with Gasteiger partial charge < -0.3 is 15.7 Å². The summed E-state index contributed by atoms with van der Waals surface area (Å²) in [5, 5.41) is 14.6. The van der Waals surface area contributed by atoms with Crippen LogP contribution in [0.3, 0.4) is 0 Å². The van der Waals surface area contributed by atoms with E-state index in [0.29, 0.717) is 15.7 Å². The van der Waals surface area contributed by atoms with Gasteiger partial charge in [0.2, 0.25) is 5.91 Å². The summed E-state index contributed by atoms with van der Waals surface area (Å²) >= 11 is 11.6. The van der Waals surface area contributed by atoms with Crippen molar-refractivity contribution in [2.75, 3.05) is 18.4 Å². The smallest absolute Gasteiger partial charge is 0.328 e. The second-order valence-electron chi connectivity index (χ2n) is 4.37. The minimum absolute atomic E-state index is 0.141. The number of benzene rings is 1. The van der Waals surface area contributed by atoms with E-state index in [4.69, 9.17) is 28.3 Å². The van der Waals surface area contributed by atoms with Crippen LogP contribution >= 0.6 is 23.2 Å². The zero-order valence-corrected chi connectivity index (χ0v) is 12.1. The lowest BCUT2D eigenvalue weighted by molar-refractivity contribution is -0.144. The van der Waals surface area contributed by atoms with Crippen molar-refractivity contribution in [2.45, 2.75) is 6.04 Å². The number of carbonyl (C=O) groups is 3. The number of amides is 3. The Morgan fingerprint density at radius 1 is 1.29 bits per heavy atom. The number of rotatable bonds is 2. The van der Waals surface area contributed by atoms with Crippen molar-refractivity contribution in [1.82, 2.24) is 10.2 Å². The molecule has 1 atom stereocenters. The predicted molar refractivity (Wildman–Crippen MR) is 76.6 cm³/mol. The van der Waals surface area contributed by atoms with Gasteiger partial charge in [0, 0.05) is 22.3 Å². The van der Waals surface area contributed by atoms with Gasteiger partial charge in [0.15, 0.2) is 0 Å². The summed E-state index contributed by atoms with van der Waals surface area (Å²) in [6, 6.07) is 2.58. The molecule has 0 aromatic heterocycles. The van der Waals surface area contributed by atoms with Gasteiger partial charge in [-0.2, -0.15) is 0 Å². The molecule has 1 unspecified atom stereocenters. The van der Waals surface area contributed by atoms with Crippen LogP contribution in [0.4, 0.5) is 10.5 Å². The monoisotopic (exact) mass is 331 g/mol. The zero-order chi connectivity index (χ0) is 15.6. The van der Waals surface area contributed by atoms with Crippen LogP contribution < -0.4 is 10.6 Å². The predicted octanol–water partition coefficient (Wildman–Crippen LogP) is 1.41. The SMILES string of the molecule is O=C1CN(C(=O)Nc2cc(Cl)cc(Cl)c2)C(C(=O)O)CN1. The number of carbonyl (C=O) groups excluding carboxylic acids is 2. The molecule has 1 aliphatic heterocycles. The first-order valence-corrected chi connectivity index (χ1v) is 6.65.